The van der Waals surface area contributed by atoms with Crippen molar-refractivity contribution < 1.29 is 28.7 Å². The molecular weight excluding hydrogens is 606 g/mol. The summed E-state index contributed by atoms with van der Waals surface area (Å²) in [6, 6.07) is 6.46. The van der Waals surface area contributed by atoms with Crippen molar-refractivity contribution in [1.29, 1.82) is 0 Å². The first-order valence-corrected chi connectivity index (χ1v) is 11.9. The molecule has 0 unspecified atom stereocenters. The Balaban J connectivity index is 1.44. The van der Waals surface area contributed by atoms with E-state index >= 15 is 0 Å². The first-order chi connectivity index (χ1) is 14.7. The van der Waals surface area contributed by atoms with Crippen molar-refractivity contribution >= 4 is 77.4 Å². The summed E-state index contributed by atoms with van der Waals surface area (Å²) < 4.78 is 5.64. The lowest BCUT2D eigenvalue weighted by Crippen LogP contribution is -2.44. The van der Waals surface area contributed by atoms with Crippen LogP contribution in [0.4, 0.5) is 0 Å². The number of fused-ring (bicyclic) bond motifs is 1. The van der Waals surface area contributed by atoms with Gasteiger partial charge in [-0.1, -0.05) is 47.8 Å². The van der Waals surface area contributed by atoms with E-state index in [9.17, 15) is 24.0 Å². The van der Waals surface area contributed by atoms with Gasteiger partial charge in [-0.05, 0) is 37.1 Å². The van der Waals surface area contributed by atoms with Crippen LogP contribution in [0.25, 0.3) is 0 Å². The standard InChI is InChI=1S/C19H18Br3N3O6/c20-10-3-1-9(2-4-10)17(28)24-23-15(26)8-31-16(27)7-25-18(29)11-5-13(21)14(22)6-12(11)19(25)30/h1-4,11-14H,5-8H2,(H,23,26)(H,24,28)/t11-,12+,13-,14-/m0/s1. The molecule has 1 heterocycles. The smallest absolute Gasteiger partial charge is 0.326 e. The SMILES string of the molecule is O=C(COC(=O)CN1C(=O)[C@H]2C[C@H](Br)[C@@H](Br)C[C@H]2C1=O)NNC(=O)c1ccc(Br)cc1. The number of alkyl halides is 2. The number of hydrazine groups is 1. The summed E-state index contributed by atoms with van der Waals surface area (Å²) in [7, 11) is 0. The van der Waals surface area contributed by atoms with Gasteiger partial charge in [-0.3, -0.25) is 39.7 Å². The molecule has 0 spiro atoms. The van der Waals surface area contributed by atoms with Crippen molar-refractivity contribution in [2.45, 2.75) is 22.5 Å². The zero-order valence-electron chi connectivity index (χ0n) is 16.0. The summed E-state index contributed by atoms with van der Waals surface area (Å²) in [5.74, 6) is -3.93. The van der Waals surface area contributed by atoms with Gasteiger partial charge in [-0.15, -0.1) is 0 Å². The Kier molecular flexibility index (Phi) is 7.87. The average molecular weight is 624 g/mol. The number of halogens is 3. The number of carbonyl (C=O) groups is 5. The number of likely N-dealkylation sites (tertiary alicyclic amines) is 1. The third kappa shape index (κ3) is 5.72. The number of benzene rings is 1. The number of nitrogens with zero attached hydrogens (tertiary/aromatic N) is 1. The topological polar surface area (TPSA) is 122 Å². The van der Waals surface area contributed by atoms with Gasteiger partial charge in [0, 0.05) is 19.7 Å². The van der Waals surface area contributed by atoms with Gasteiger partial charge in [-0.25, -0.2) is 0 Å². The van der Waals surface area contributed by atoms with Gasteiger partial charge in [0.1, 0.15) is 6.54 Å². The molecule has 4 amide bonds. The lowest BCUT2D eigenvalue weighted by molar-refractivity contribution is -0.155. The number of nitrogens with one attached hydrogen (secondary N) is 2. The Labute approximate surface area is 203 Å². The molecule has 0 radical (unpaired) electrons. The highest BCUT2D eigenvalue weighted by atomic mass is 79.9. The maximum Gasteiger partial charge on any atom is 0.326 e. The van der Waals surface area contributed by atoms with E-state index in [0.717, 1.165) is 9.37 Å². The van der Waals surface area contributed by atoms with Crippen LogP contribution >= 0.6 is 47.8 Å². The largest absolute Gasteiger partial charge is 0.454 e. The van der Waals surface area contributed by atoms with Crippen molar-refractivity contribution in [3.05, 3.63) is 34.3 Å². The Hall–Kier alpha value is -1.79. The number of ether oxygens (including phenoxy) is 1. The number of hydrogen-bond donors (Lipinski definition) is 2. The van der Waals surface area contributed by atoms with Crippen LogP contribution < -0.4 is 10.9 Å². The van der Waals surface area contributed by atoms with Crippen LogP contribution in [0.2, 0.25) is 0 Å². The summed E-state index contributed by atoms with van der Waals surface area (Å²) in [4.78, 5) is 61.9. The van der Waals surface area contributed by atoms with Crippen LogP contribution in [-0.2, 0) is 23.9 Å². The van der Waals surface area contributed by atoms with Crippen LogP contribution in [0.3, 0.4) is 0 Å². The highest BCUT2D eigenvalue weighted by Crippen LogP contribution is 2.43. The molecule has 2 aliphatic rings. The van der Waals surface area contributed by atoms with Gasteiger partial charge in [0.05, 0.1) is 11.8 Å². The Morgan fingerprint density at radius 3 is 2.06 bits per heavy atom. The van der Waals surface area contributed by atoms with Crippen molar-refractivity contribution in [3.63, 3.8) is 0 Å². The zero-order valence-corrected chi connectivity index (χ0v) is 20.7. The monoisotopic (exact) mass is 621 g/mol. The summed E-state index contributed by atoms with van der Waals surface area (Å²) >= 11 is 10.2. The fourth-order valence-electron chi connectivity index (χ4n) is 3.48. The molecule has 1 aliphatic carbocycles. The zero-order chi connectivity index (χ0) is 22.7. The molecular formula is C19H18Br3N3O6. The van der Waals surface area contributed by atoms with Crippen molar-refractivity contribution in [2.75, 3.05) is 13.2 Å². The number of esters is 1. The van der Waals surface area contributed by atoms with Crippen LogP contribution in [-0.4, -0.2) is 57.3 Å². The molecule has 0 bridgehead atoms. The van der Waals surface area contributed by atoms with Crippen molar-refractivity contribution in [2.24, 2.45) is 11.8 Å². The minimum Gasteiger partial charge on any atom is -0.454 e. The Morgan fingerprint density at radius 1 is 0.968 bits per heavy atom. The van der Waals surface area contributed by atoms with Crippen LogP contribution in [0.15, 0.2) is 28.7 Å². The van der Waals surface area contributed by atoms with Crippen LogP contribution in [0.1, 0.15) is 23.2 Å². The summed E-state index contributed by atoms with van der Waals surface area (Å²) in [6.45, 7) is -1.22. The molecule has 4 atom stereocenters. The normalized spacial score (nSPS) is 25.1. The van der Waals surface area contributed by atoms with Gasteiger partial charge in [-0.2, -0.15) is 0 Å². The molecule has 1 saturated carbocycles. The molecule has 2 N–H and O–H groups in total. The van der Waals surface area contributed by atoms with Gasteiger partial charge in [0.2, 0.25) is 11.8 Å². The summed E-state index contributed by atoms with van der Waals surface area (Å²) in [5, 5.41) is 0. The number of hydrogen-bond acceptors (Lipinski definition) is 6. The minimum atomic E-state index is -0.888. The van der Waals surface area contributed by atoms with Crippen LogP contribution in [0.5, 0.6) is 0 Å². The molecule has 31 heavy (non-hydrogen) atoms. The second-order valence-electron chi connectivity index (χ2n) is 7.15. The number of imide groups is 1. The second kappa shape index (κ2) is 10.2. The van der Waals surface area contributed by atoms with E-state index in [-0.39, 0.29) is 9.65 Å². The molecule has 12 heteroatoms. The fourth-order valence-corrected chi connectivity index (χ4v) is 4.98. The number of carbonyl (C=O) groups excluding carboxylic acids is 5. The maximum absolute atomic E-state index is 12.5. The minimum absolute atomic E-state index is 0.0636. The van der Waals surface area contributed by atoms with E-state index in [2.05, 4.69) is 58.6 Å². The Bertz CT molecular complexity index is 882. The quantitative estimate of drug-likeness (QED) is 0.223. The van der Waals surface area contributed by atoms with E-state index < -0.39 is 54.6 Å². The van der Waals surface area contributed by atoms with Crippen molar-refractivity contribution in [1.82, 2.24) is 15.8 Å². The van der Waals surface area contributed by atoms with E-state index in [0.29, 0.717) is 18.4 Å². The van der Waals surface area contributed by atoms with E-state index in [1.807, 2.05) is 0 Å². The molecule has 1 aliphatic heterocycles. The highest BCUT2D eigenvalue weighted by molar-refractivity contribution is 9.12. The summed E-state index contributed by atoms with van der Waals surface area (Å²) in [6.07, 6.45) is 0.994. The molecule has 9 nitrogen and oxygen atoms in total. The van der Waals surface area contributed by atoms with Crippen LogP contribution in [0, 0.1) is 11.8 Å². The fraction of sp³-hybridized carbons (Fsp3) is 0.421. The van der Waals surface area contributed by atoms with E-state index in [1.165, 1.54) is 0 Å². The molecule has 2 fully saturated rings. The van der Waals surface area contributed by atoms with Crippen molar-refractivity contribution in [3.8, 4) is 0 Å². The third-order valence-electron chi connectivity index (χ3n) is 5.08. The van der Waals surface area contributed by atoms with Gasteiger partial charge >= 0.3 is 5.97 Å². The maximum atomic E-state index is 12.5. The third-order valence-corrected chi connectivity index (χ3v) is 8.34. The second-order valence-corrected chi connectivity index (χ2v) is 10.4. The first kappa shape index (κ1) is 23.9. The lowest BCUT2D eigenvalue weighted by atomic mass is 9.81. The van der Waals surface area contributed by atoms with Gasteiger partial charge < -0.3 is 4.74 Å². The first-order valence-electron chi connectivity index (χ1n) is 9.31. The highest BCUT2D eigenvalue weighted by Gasteiger charge is 2.52. The van der Waals surface area contributed by atoms with E-state index in [1.54, 1.807) is 24.3 Å². The lowest BCUT2D eigenvalue weighted by Gasteiger charge is -2.29. The molecule has 3 rings (SSSR count). The van der Waals surface area contributed by atoms with Gasteiger partial charge in [0.25, 0.3) is 11.8 Å². The predicted octanol–water partition coefficient (Wildman–Crippen LogP) is 1.68. The number of amides is 4. The van der Waals surface area contributed by atoms with Gasteiger partial charge in [0.15, 0.2) is 6.61 Å². The van der Waals surface area contributed by atoms with E-state index in [4.69, 9.17) is 4.74 Å². The molecule has 1 saturated heterocycles. The number of rotatable bonds is 5. The predicted molar refractivity (Wildman–Crippen MR) is 119 cm³/mol. The average Bonchev–Trinajstić information content (AvgIpc) is 2.95. The molecule has 1 aromatic carbocycles. The molecule has 0 aromatic heterocycles. The molecule has 166 valence electrons. The summed E-state index contributed by atoms with van der Waals surface area (Å²) in [5.41, 5.74) is 4.65. The Morgan fingerprint density at radius 2 is 1.52 bits per heavy atom. The molecule has 1 aromatic rings.